The Kier molecular flexibility index (Phi) is 8.94. The van der Waals surface area contributed by atoms with Gasteiger partial charge in [0.25, 0.3) is 5.91 Å². The molecule has 1 aliphatic carbocycles. The third kappa shape index (κ3) is 6.69. The van der Waals surface area contributed by atoms with Crippen molar-refractivity contribution in [1.82, 2.24) is 10.3 Å². The number of hydrogen-bond acceptors (Lipinski definition) is 4. The molecule has 1 amide bonds. The molecule has 1 saturated carbocycles. The molecule has 0 aliphatic heterocycles. The van der Waals surface area contributed by atoms with Crippen LogP contribution in [0.1, 0.15) is 86.6 Å². The van der Waals surface area contributed by atoms with E-state index in [0.29, 0.717) is 11.6 Å². The molecule has 0 radical (unpaired) electrons. The second-order valence-corrected chi connectivity index (χ2v) is 8.62. The molecule has 164 valence electrons. The molecule has 3 rings (SSSR count). The fourth-order valence-electron chi connectivity index (χ4n) is 4.00. The van der Waals surface area contributed by atoms with Crippen molar-refractivity contribution >= 4 is 22.5 Å². The average molecular weight is 411 g/mol. The van der Waals surface area contributed by atoms with Crippen LogP contribution in [-0.4, -0.2) is 30.5 Å². The molecule has 1 aromatic heterocycles. The molecule has 1 fully saturated rings. The van der Waals surface area contributed by atoms with Crippen molar-refractivity contribution in [3.8, 4) is 0 Å². The quantitative estimate of drug-likeness (QED) is 0.375. The van der Waals surface area contributed by atoms with E-state index in [1.54, 1.807) is 13.2 Å². The SMILES string of the molecule is CNC(=O)c1cnc2ccc(CCCCCCCCCCCN)cc2c1NC1CC1. The van der Waals surface area contributed by atoms with Crippen LogP contribution in [0.2, 0.25) is 0 Å². The zero-order chi connectivity index (χ0) is 21.2. The summed E-state index contributed by atoms with van der Waals surface area (Å²) in [6.45, 7) is 0.829. The standard InChI is InChI=1S/C25H38N4O/c1-27-25(30)22-18-28-23-15-12-19(17-21(23)24(22)29-20-13-14-20)11-9-7-5-3-2-4-6-8-10-16-26/h12,15,17-18,20H,2-11,13-14,16,26H2,1H3,(H,27,30)(H,28,29). The molecule has 1 heterocycles. The number of aromatic nitrogens is 1. The summed E-state index contributed by atoms with van der Waals surface area (Å²) in [5.74, 6) is -0.0824. The lowest BCUT2D eigenvalue weighted by Gasteiger charge is -2.14. The van der Waals surface area contributed by atoms with Crippen LogP contribution in [0, 0.1) is 0 Å². The van der Waals surface area contributed by atoms with E-state index in [2.05, 4.69) is 33.8 Å². The van der Waals surface area contributed by atoms with Crippen molar-refractivity contribution in [2.24, 2.45) is 5.73 Å². The van der Waals surface area contributed by atoms with Gasteiger partial charge in [-0.15, -0.1) is 0 Å². The topological polar surface area (TPSA) is 80.0 Å². The van der Waals surface area contributed by atoms with Gasteiger partial charge in [-0.2, -0.15) is 0 Å². The van der Waals surface area contributed by atoms with Crippen LogP contribution < -0.4 is 16.4 Å². The largest absolute Gasteiger partial charge is 0.381 e. The predicted octanol–water partition coefficient (Wildman–Crippen LogP) is 5.18. The van der Waals surface area contributed by atoms with E-state index in [0.717, 1.165) is 29.6 Å². The minimum atomic E-state index is -0.0824. The highest BCUT2D eigenvalue weighted by atomic mass is 16.1. The molecule has 30 heavy (non-hydrogen) atoms. The molecule has 4 N–H and O–H groups in total. The molecule has 5 heteroatoms. The lowest BCUT2D eigenvalue weighted by molar-refractivity contribution is 0.0963. The van der Waals surface area contributed by atoms with Gasteiger partial charge in [-0.3, -0.25) is 9.78 Å². The van der Waals surface area contributed by atoms with Crippen LogP contribution in [0.15, 0.2) is 24.4 Å². The van der Waals surface area contributed by atoms with Crippen molar-refractivity contribution in [1.29, 1.82) is 0 Å². The van der Waals surface area contributed by atoms with E-state index in [4.69, 9.17) is 5.73 Å². The highest BCUT2D eigenvalue weighted by Crippen LogP contribution is 2.32. The van der Waals surface area contributed by atoms with Crippen LogP contribution >= 0.6 is 0 Å². The Morgan fingerprint density at radius 3 is 2.33 bits per heavy atom. The first kappa shape index (κ1) is 22.5. The zero-order valence-electron chi connectivity index (χ0n) is 18.5. The second-order valence-electron chi connectivity index (χ2n) is 8.62. The molecule has 0 unspecified atom stereocenters. The first-order valence-electron chi connectivity index (χ1n) is 11.8. The molecule has 1 aromatic carbocycles. The number of aryl methyl sites for hydroxylation is 1. The van der Waals surface area contributed by atoms with Crippen LogP contribution in [0.3, 0.4) is 0 Å². The number of nitrogens with two attached hydrogens (primary N) is 1. The number of unbranched alkanes of at least 4 members (excludes halogenated alkanes) is 8. The number of amides is 1. The molecule has 0 spiro atoms. The maximum Gasteiger partial charge on any atom is 0.254 e. The van der Waals surface area contributed by atoms with Gasteiger partial charge in [0.05, 0.1) is 16.8 Å². The van der Waals surface area contributed by atoms with Crippen molar-refractivity contribution in [2.45, 2.75) is 83.1 Å². The number of fused-ring (bicyclic) bond motifs is 1. The van der Waals surface area contributed by atoms with Gasteiger partial charge in [0, 0.05) is 24.7 Å². The number of rotatable bonds is 14. The summed E-state index contributed by atoms with van der Waals surface area (Å²) in [7, 11) is 1.67. The van der Waals surface area contributed by atoms with Crippen LogP contribution in [-0.2, 0) is 6.42 Å². The van der Waals surface area contributed by atoms with E-state index < -0.39 is 0 Å². The normalized spacial score (nSPS) is 13.5. The number of benzene rings is 1. The lowest BCUT2D eigenvalue weighted by Crippen LogP contribution is -2.20. The van der Waals surface area contributed by atoms with Gasteiger partial charge < -0.3 is 16.4 Å². The molecule has 0 atom stereocenters. The molecule has 5 nitrogen and oxygen atoms in total. The molecular weight excluding hydrogens is 372 g/mol. The highest BCUT2D eigenvalue weighted by molar-refractivity contribution is 6.07. The van der Waals surface area contributed by atoms with Crippen molar-refractivity contribution in [2.75, 3.05) is 18.9 Å². The Balaban J connectivity index is 1.53. The average Bonchev–Trinajstić information content (AvgIpc) is 3.59. The van der Waals surface area contributed by atoms with Crippen molar-refractivity contribution < 1.29 is 4.79 Å². The zero-order valence-corrected chi connectivity index (χ0v) is 18.5. The van der Waals surface area contributed by atoms with Crippen molar-refractivity contribution in [3.63, 3.8) is 0 Å². The fraction of sp³-hybridized carbons (Fsp3) is 0.600. The summed E-state index contributed by atoms with van der Waals surface area (Å²) >= 11 is 0. The number of pyridine rings is 1. The Morgan fingerprint density at radius 2 is 1.70 bits per heavy atom. The number of anilines is 1. The molecular formula is C25H38N4O. The van der Waals surface area contributed by atoms with Gasteiger partial charge in [0.1, 0.15) is 0 Å². The highest BCUT2D eigenvalue weighted by Gasteiger charge is 2.24. The van der Waals surface area contributed by atoms with E-state index in [-0.39, 0.29) is 5.91 Å². The van der Waals surface area contributed by atoms with Gasteiger partial charge >= 0.3 is 0 Å². The lowest BCUT2D eigenvalue weighted by atomic mass is 10.0. The number of nitrogens with one attached hydrogen (secondary N) is 2. The van der Waals surface area contributed by atoms with Gasteiger partial charge in [-0.25, -0.2) is 0 Å². The molecule has 0 saturated heterocycles. The number of carbonyl (C=O) groups is 1. The van der Waals surface area contributed by atoms with Crippen LogP contribution in [0.5, 0.6) is 0 Å². The summed E-state index contributed by atoms with van der Waals surface area (Å²) in [5, 5.41) is 7.38. The van der Waals surface area contributed by atoms with Crippen molar-refractivity contribution in [3.05, 3.63) is 35.5 Å². The predicted molar refractivity (Wildman–Crippen MR) is 126 cm³/mol. The summed E-state index contributed by atoms with van der Waals surface area (Å²) < 4.78 is 0. The van der Waals surface area contributed by atoms with E-state index >= 15 is 0 Å². The monoisotopic (exact) mass is 410 g/mol. The van der Waals surface area contributed by atoms with Crippen LogP contribution in [0.4, 0.5) is 5.69 Å². The van der Waals surface area contributed by atoms with Gasteiger partial charge in [-0.05, 0) is 56.3 Å². The van der Waals surface area contributed by atoms with Gasteiger partial charge in [0.15, 0.2) is 0 Å². The number of carbonyl (C=O) groups excluding carboxylic acids is 1. The number of nitrogens with zero attached hydrogens (tertiary/aromatic N) is 1. The van der Waals surface area contributed by atoms with E-state index in [1.165, 1.54) is 76.2 Å². The number of hydrogen-bond donors (Lipinski definition) is 3. The van der Waals surface area contributed by atoms with Gasteiger partial charge in [0.2, 0.25) is 0 Å². The molecule has 0 bridgehead atoms. The maximum atomic E-state index is 12.3. The Labute approximate surface area is 181 Å². The third-order valence-corrected chi connectivity index (χ3v) is 6.00. The summed E-state index contributed by atoms with van der Waals surface area (Å²) in [4.78, 5) is 16.9. The third-order valence-electron chi connectivity index (χ3n) is 6.00. The van der Waals surface area contributed by atoms with E-state index in [1.807, 2.05) is 0 Å². The molecule has 2 aromatic rings. The summed E-state index contributed by atoms with van der Waals surface area (Å²) in [6.07, 6.45) is 16.8. The first-order chi connectivity index (χ1) is 14.7. The Bertz CT molecular complexity index is 816. The second kappa shape index (κ2) is 11.9. The van der Waals surface area contributed by atoms with Gasteiger partial charge in [-0.1, -0.05) is 51.0 Å². The smallest absolute Gasteiger partial charge is 0.254 e. The maximum absolute atomic E-state index is 12.3. The summed E-state index contributed by atoms with van der Waals surface area (Å²) in [5.41, 5.74) is 9.40. The van der Waals surface area contributed by atoms with E-state index in [9.17, 15) is 4.79 Å². The molecule has 1 aliphatic rings. The Hall–Kier alpha value is -2.14. The fourth-order valence-corrected chi connectivity index (χ4v) is 4.00. The summed E-state index contributed by atoms with van der Waals surface area (Å²) in [6, 6.07) is 7.00. The first-order valence-corrected chi connectivity index (χ1v) is 11.8. The van der Waals surface area contributed by atoms with Crippen LogP contribution in [0.25, 0.3) is 10.9 Å². The minimum absolute atomic E-state index is 0.0824. The minimum Gasteiger partial charge on any atom is -0.381 e. The Morgan fingerprint density at radius 1 is 1.03 bits per heavy atom.